The first-order chi connectivity index (χ1) is 6.86. The molecule has 3 rings (SSSR count). The minimum Gasteiger partial charge on any atom is -0.388 e. The van der Waals surface area contributed by atoms with Gasteiger partial charge in [-0.15, -0.1) is 0 Å². The minimum atomic E-state index is 0.0387. The lowest BCUT2D eigenvalue weighted by molar-refractivity contribution is -0.121. The highest BCUT2D eigenvalue weighted by Crippen LogP contribution is 2.37. The molecule has 2 aliphatic carbocycles. The molecule has 0 saturated carbocycles. The molecule has 2 heteroatoms. The summed E-state index contributed by atoms with van der Waals surface area (Å²) in [5.41, 5.74) is 2.54. The van der Waals surface area contributed by atoms with Gasteiger partial charge in [0.15, 0.2) is 0 Å². The Morgan fingerprint density at radius 3 is 3.21 bits per heavy atom. The van der Waals surface area contributed by atoms with Crippen LogP contribution in [0.5, 0.6) is 0 Å². The highest BCUT2D eigenvalue weighted by molar-refractivity contribution is 5.89. The van der Waals surface area contributed by atoms with Gasteiger partial charge in [0.2, 0.25) is 0 Å². The maximum absolute atomic E-state index is 11.8. The van der Waals surface area contributed by atoms with Crippen molar-refractivity contribution in [2.24, 2.45) is 11.8 Å². The van der Waals surface area contributed by atoms with Crippen molar-refractivity contribution in [2.75, 3.05) is 6.54 Å². The summed E-state index contributed by atoms with van der Waals surface area (Å²) >= 11 is 0. The van der Waals surface area contributed by atoms with Gasteiger partial charge >= 0.3 is 0 Å². The molecule has 1 saturated heterocycles. The molecule has 3 aliphatic rings. The van der Waals surface area contributed by atoms with E-state index in [1.807, 2.05) is 18.2 Å². The van der Waals surface area contributed by atoms with Crippen molar-refractivity contribution in [2.45, 2.75) is 12.8 Å². The zero-order valence-corrected chi connectivity index (χ0v) is 7.99. The Morgan fingerprint density at radius 2 is 2.29 bits per heavy atom. The Labute approximate surface area is 83.4 Å². The third-order valence-electron chi connectivity index (χ3n) is 3.35. The van der Waals surface area contributed by atoms with E-state index in [0.717, 1.165) is 19.4 Å². The number of carbonyl (C=O) groups is 1. The first kappa shape index (κ1) is 8.04. The van der Waals surface area contributed by atoms with Crippen LogP contribution >= 0.6 is 0 Å². The van der Waals surface area contributed by atoms with Crippen LogP contribution in [0, 0.1) is 11.8 Å². The molecule has 0 bridgehead atoms. The molecule has 0 aromatic rings. The summed E-state index contributed by atoms with van der Waals surface area (Å²) in [7, 11) is 0. The molecule has 2 atom stereocenters. The lowest BCUT2D eigenvalue weighted by Crippen LogP contribution is -2.28. The summed E-state index contributed by atoms with van der Waals surface area (Å²) in [5, 5.41) is 3.42. The van der Waals surface area contributed by atoms with Crippen LogP contribution in [0.4, 0.5) is 0 Å². The first-order valence-electron chi connectivity index (χ1n) is 5.22. The standard InChI is InChI=1S/C12H13NO/c14-11-7-8-5-6-13-12(8)10-4-2-1-3-9(10)11/h1-4,8-9,13H,5-7H2. The van der Waals surface area contributed by atoms with E-state index in [1.54, 1.807) is 0 Å². The molecular formula is C12H13NO. The molecule has 0 spiro atoms. The number of hydrogen-bond acceptors (Lipinski definition) is 2. The SMILES string of the molecule is O=C1CC2CCNC2=C2C=CC=CC12. The quantitative estimate of drug-likeness (QED) is 0.623. The molecule has 2 unspecified atom stereocenters. The molecule has 1 fully saturated rings. The van der Waals surface area contributed by atoms with Crippen molar-refractivity contribution in [1.29, 1.82) is 0 Å². The zero-order chi connectivity index (χ0) is 9.54. The smallest absolute Gasteiger partial charge is 0.144 e. The van der Waals surface area contributed by atoms with Crippen molar-refractivity contribution < 1.29 is 4.79 Å². The number of rotatable bonds is 0. The number of carbonyl (C=O) groups excluding carboxylic acids is 1. The molecule has 1 heterocycles. The number of ketones is 1. The third kappa shape index (κ3) is 0.999. The van der Waals surface area contributed by atoms with E-state index in [-0.39, 0.29) is 5.92 Å². The van der Waals surface area contributed by atoms with Crippen LogP contribution in [0.2, 0.25) is 0 Å². The van der Waals surface area contributed by atoms with E-state index < -0.39 is 0 Å². The van der Waals surface area contributed by atoms with Gasteiger partial charge in [-0.2, -0.15) is 0 Å². The summed E-state index contributed by atoms with van der Waals surface area (Å²) in [6.07, 6.45) is 9.95. The van der Waals surface area contributed by atoms with Gasteiger partial charge in [-0.3, -0.25) is 4.79 Å². The van der Waals surface area contributed by atoms with Crippen molar-refractivity contribution >= 4 is 5.78 Å². The van der Waals surface area contributed by atoms with E-state index in [9.17, 15) is 4.79 Å². The Hall–Kier alpha value is -1.31. The summed E-state index contributed by atoms with van der Waals surface area (Å²) in [4.78, 5) is 11.8. The molecule has 1 N–H and O–H groups in total. The second-order valence-corrected chi connectivity index (χ2v) is 4.17. The van der Waals surface area contributed by atoms with Crippen LogP contribution in [0.3, 0.4) is 0 Å². The van der Waals surface area contributed by atoms with Gasteiger partial charge in [0, 0.05) is 24.6 Å². The lowest BCUT2D eigenvalue weighted by Gasteiger charge is -2.27. The van der Waals surface area contributed by atoms with E-state index >= 15 is 0 Å². The largest absolute Gasteiger partial charge is 0.388 e. The maximum Gasteiger partial charge on any atom is 0.144 e. The predicted octanol–water partition coefficient (Wildman–Crippen LogP) is 1.56. The Bertz CT molecular complexity index is 376. The Balaban J connectivity index is 2.11. The highest BCUT2D eigenvalue weighted by Gasteiger charge is 2.36. The van der Waals surface area contributed by atoms with E-state index in [0.29, 0.717) is 11.7 Å². The molecule has 0 aromatic heterocycles. The molecule has 14 heavy (non-hydrogen) atoms. The average Bonchev–Trinajstić information content (AvgIpc) is 2.66. The fraction of sp³-hybridized carbons (Fsp3) is 0.417. The van der Waals surface area contributed by atoms with Crippen LogP contribution in [-0.2, 0) is 4.79 Å². The van der Waals surface area contributed by atoms with Gasteiger partial charge in [-0.25, -0.2) is 0 Å². The van der Waals surface area contributed by atoms with Gasteiger partial charge in [0.1, 0.15) is 5.78 Å². The van der Waals surface area contributed by atoms with Gasteiger partial charge in [0.25, 0.3) is 0 Å². The molecule has 2 nitrogen and oxygen atoms in total. The monoisotopic (exact) mass is 187 g/mol. The third-order valence-corrected chi connectivity index (χ3v) is 3.35. The molecule has 1 aliphatic heterocycles. The zero-order valence-electron chi connectivity index (χ0n) is 7.99. The van der Waals surface area contributed by atoms with Crippen molar-refractivity contribution in [3.8, 4) is 0 Å². The van der Waals surface area contributed by atoms with Gasteiger partial charge in [-0.1, -0.05) is 24.3 Å². The van der Waals surface area contributed by atoms with Crippen molar-refractivity contribution in [3.05, 3.63) is 35.6 Å². The van der Waals surface area contributed by atoms with E-state index in [1.165, 1.54) is 11.3 Å². The lowest BCUT2D eigenvalue weighted by atomic mass is 9.77. The fourth-order valence-electron chi connectivity index (χ4n) is 2.66. The Kier molecular flexibility index (Phi) is 1.63. The second-order valence-electron chi connectivity index (χ2n) is 4.17. The van der Waals surface area contributed by atoms with E-state index in [2.05, 4.69) is 11.4 Å². The number of allylic oxidation sites excluding steroid dienone is 6. The Morgan fingerprint density at radius 1 is 1.36 bits per heavy atom. The normalized spacial score (nSPS) is 34.1. The summed E-state index contributed by atoms with van der Waals surface area (Å²) in [6.45, 7) is 1.03. The molecule has 72 valence electrons. The van der Waals surface area contributed by atoms with Crippen molar-refractivity contribution in [1.82, 2.24) is 5.32 Å². The van der Waals surface area contributed by atoms with Crippen LogP contribution in [0.1, 0.15) is 12.8 Å². The second kappa shape index (κ2) is 2.84. The maximum atomic E-state index is 11.8. The topological polar surface area (TPSA) is 29.1 Å². The highest BCUT2D eigenvalue weighted by atomic mass is 16.1. The molecule has 0 radical (unpaired) electrons. The van der Waals surface area contributed by atoms with Gasteiger partial charge < -0.3 is 5.32 Å². The van der Waals surface area contributed by atoms with Crippen molar-refractivity contribution in [3.63, 3.8) is 0 Å². The average molecular weight is 187 g/mol. The number of fused-ring (bicyclic) bond motifs is 2. The van der Waals surface area contributed by atoms with Crippen LogP contribution in [0.25, 0.3) is 0 Å². The number of hydrogen-bond donors (Lipinski definition) is 1. The van der Waals surface area contributed by atoms with Crippen LogP contribution < -0.4 is 5.32 Å². The molecule has 0 amide bonds. The summed E-state index contributed by atoms with van der Waals surface area (Å²) in [6, 6.07) is 0. The predicted molar refractivity (Wildman–Crippen MR) is 54.5 cm³/mol. The van der Waals surface area contributed by atoms with Crippen LogP contribution in [-0.4, -0.2) is 12.3 Å². The number of Topliss-reactive ketones (excluding diaryl/α,β-unsaturated/α-hetero) is 1. The molecular weight excluding hydrogens is 174 g/mol. The van der Waals surface area contributed by atoms with Gasteiger partial charge in [0.05, 0.1) is 5.92 Å². The summed E-state index contributed by atoms with van der Waals surface area (Å²) in [5.74, 6) is 0.903. The van der Waals surface area contributed by atoms with Crippen LogP contribution in [0.15, 0.2) is 35.6 Å². The fourth-order valence-corrected chi connectivity index (χ4v) is 2.66. The van der Waals surface area contributed by atoms with E-state index in [4.69, 9.17) is 0 Å². The minimum absolute atomic E-state index is 0.0387. The summed E-state index contributed by atoms with van der Waals surface area (Å²) < 4.78 is 0. The molecule has 0 aromatic carbocycles. The first-order valence-corrected chi connectivity index (χ1v) is 5.22. The number of nitrogens with one attached hydrogen (secondary N) is 1. The van der Waals surface area contributed by atoms with Gasteiger partial charge in [-0.05, 0) is 12.0 Å².